The summed E-state index contributed by atoms with van der Waals surface area (Å²) in [5, 5.41) is 0.755. The Morgan fingerprint density at radius 2 is 1.89 bits per heavy atom. The molecule has 2 aliphatic heterocycles. The van der Waals surface area contributed by atoms with Crippen LogP contribution in [0.5, 0.6) is 0 Å². The van der Waals surface area contributed by atoms with Crippen LogP contribution < -0.4 is 14.7 Å². The molecule has 0 atom stereocenters. The number of carbonyl (C=O) groups is 2. The Morgan fingerprint density at radius 3 is 2.61 bits per heavy atom. The van der Waals surface area contributed by atoms with E-state index in [1.54, 1.807) is 19.0 Å². The number of amides is 2. The van der Waals surface area contributed by atoms with Crippen LogP contribution >= 0.6 is 11.3 Å². The molecule has 2 aliphatic rings. The average Bonchev–Trinajstić information content (AvgIpc) is 3.01. The highest BCUT2D eigenvalue weighted by Gasteiger charge is 2.35. The van der Waals surface area contributed by atoms with Crippen LogP contribution in [0, 0.1) is 6.92 Å². The van der Waals surface area contributed by atoms with Crippen molar-refractivity contribution in [3.8, 4) is 0 Å². The van der Waals surface area contributed by atoms with Crippen LogP contribution in [-0.2, 0) is 17.8 Å². The van der Waals surface area contributed by atoms with E-state index in [1.165, 1.54) is 16.2 Å². The van der Waals surface area contributed by atoms with Gasteiger partial charge in [0.2, 0.25) is 11.9 Å². The number of fused-ring (bicyclic) bond motifs is 3. The minimum absolute atomic E-state index is 0.0669. The van der Waals surface area contributed by atoms with Crippen LogP contribution in [0.15, 0.2) is 6.07 Å². The van der Waals surface area contributed by atoms with E-state index < -0.39 is 0 Å². The van der Waals surface area contributed by atoms with E-state index in [-0.39, 0.29) is 18.4 Å². The van der Waals surface area contributed by atoms with Gasteiger partial charge in [0.1, 0.15) is 17.4 Å². The Bertz CT molecular complexity index is 970. The van der Waals surface area contributed by atoms with Crippen LogP contribution in [0.2, 0.25) is 0 Å². The third kappa shape index (κ3) is 2.99. The van der Waals surface area contributed by atoms with Crippen molar-refractivity contribution in [2.75, 3.05) is 56.0 Å². The summed E-state index contributed by atoms with van der Waals surface area (Å²) >= 11 is 1.53. The maximum Gasteiger partial charge on any atom is 0.257 e. The highest BCUT2D eigenvalue weighted by atomic mass is 32.1. The zero-order valence-electron chi connectivity index (χ0n) is 16.8. The van der Waals surface area contributed by atoms with Gasteiger partial charge in [-0.1, -0.05) is 0 Å². The summed E-state index contributed by atoms with van der Waals surface area (Å²) < 4.78 is 0. The van der Waals surface area contributed by atoms with Gasteiger partial charge in [-0.25, -0.2) is 4.98 Å². The van der Waals surface area contributed by atoms with Gasteiger partial charge < -0.3 is 19.6 Å². The molecule has 0 fully saturated rings. The molecule has 0 aromatic carbocycles. The number of carbonyl (C=O) groups excluding carboxylic acids is 2. The lowest BCUT2D eigenvalue weighted by Gasteiger charge is -2.28. The molecule has 4 rings (SSSR count). The fourth-order valence-electron chi connectivity index (χ4n) is 3.61. The zero-order valence-corrected chi connectivity index (χ0v) is 17.6. The number of thiophene rings is 1. The number of hydrogen-bond acceptors (Lipinski definition) is 7. The minimum Gasteiger partial charge on any atom is -0.363 e. The summed E-state index contributed by atoms with van der Waals surface area (Å²) in [6.45, 7) is 3.46. The van der Waals surface area contributed by atoms with Crippen LogP contribution in [0.1, 0.15) is 26.5 Å². The normalized spacial score (nSPS) is 16.8. The molecule has 9 heteroatoms. The third-order valence-electron chi connectivity index (χ3n) is 5.22. The van der Waals surface area contributed by atoms with E-state index in [2.05, 4.69) is 14.9 Å². The quantitative estimate of drug-likeness (QED) is 0.761. The van der Waals surface area contributed by atoms with Gasteiger partial charge in [0, 0.05) is 51.4 Å². The maximum atomic E-state index is 12.9. The number of likely N-dealkylation sites (N-methyl/N-ethyl adjacent to an activating group) is 2. The van der Waals surface area contributed by atoms with Gasteiger partial charge in [0.15, 0.2) is 0 Å². The number of rotatable bonds is 2. The summed E-state index contributed by atoms with van der Waals surface area (Å²) in [4.78, 5) is 42.9. The molecule has 0 N–H and O–H groups in total. The van der Waals surface area contributed by atoms with E-state index in [0.717, 1.165) is 39.9 Å². The molecule has 0 bridgehead atoms. The smallest absolute Gasteiger partial charge is 0.257 e. The Kier molecular flexibility index (Phi) is 4.49. The SMILES string of the molecule is Cc1cc(N(C)C)nc(N2CCc3c(sc4c3C(=O)N(C)CC(=O)N4C)C2)n1. The van der Waals surface area contributed by atoms with Gasteiger partial charge in [0.05, 0.1) is 12.1 Å². The summed E-state index contributed by atoms with van der Waals surface area (Å²) in [5.74, 6) is 1.44. The Hall–Kier alpha value is -2.68. The zero-order chi connectivity index (χ0) is 20.2. The lowest BCUT2D eigenvalue weighted by molar-refractivity contribution is -0.118. The molecule has 0 aliphatic carbocycles. The van der Waals surface area contributed by atoms with E-state index in [1.807, 2.05) is 32.0 Å². The number of nitrogens with zero attached hydrogens (tertiary/aromatic N) is 6. The van der Waals surface area contributed by atoms with E-state index in [0.29, 0.717) is 18.1 Å². The summed E-state index contributed by atoms with van der Waals surface area (Å²) in [6.07, 6.45) is 0.734. The van der Waals surface area contributed by atoms with Crippen LogP contribution in [0.25, 0.3) is 0 Å². The highest BCUT2D eigenvalue weighted by molar-refractivity contribution is 7.17. The topological polar surface area (TPSA) is 72.9 Å². The molecule has 0 unspecified atom stereocenters. The van der Waals surface area contributed by atoms with Crippen LogP contribution in [0.3, 0.4) is 0 Å². The van der Waals surface area contributed by atoms with Gasteiger partial charge in [-0.2, -0.15) is 4.98 Å². The van der Waals surface area contributed by atoms with E-state index >= 15 is 0 Å². The molecule has 0 saturated heterocycles. The number of aromatic nitrogens is 2. The van der Waals surface area contributed by atoms with Crippen molar-refractivity contribution < 1.29 is 9.59 Å². The van der Waals surface area contributed by atoms with Crippen molar-refractivity contribution >= 4 is 39.9 Å². The van der Waals surface area contributed by atoms with E-state index in [9.17, 15) is 9.59 Å². The van der Waals surface area contributed by atoms with Crippen molar-refractivity contribution in [3.63, 3.8) is 0 Å². The number of hydrogen-bond donors (Lipinski definition) is 0. The lowest BCUT2D eigenvalue weighted by Crippen LogP contribution is -2.36. The maximum absolute atomic E-state index is 12.9. The molecule has 2 aromatic heterocycles. The first-order valence-electron chi connectivity index (χ1n) is 9.20. The summed E-state index contributed by atoms with van der Waals surface area (Å²) in [5.41, 5.74) is 2.67. The van der Waals surface area contributed by atoms with Crippen molar-refractivity contribution in [2.45, 2.75) is 19.9 Å². The van der Waals surface area contributed by atoms with E-state index in [4.69, 9.17) is 0 Å². The van der Waals surface area contributed by atoms with Crippen molar-refractivity contribution in [1.82, 2.24) is 14.9 Å². The molecule has 0 radical (unpaired) electrons. The molecule has 2 amide bonds. The molecule has 4 heterocycles. The van der Waals surface area contributed by atoms with Crippen molar-refractivity contribution in [2.24, 2.45) is 0 Å². The third-order valence-corrected chi connectivity index (χ3v) is 6.51. The first kappa shape index (κ1) is 18.7. The standard InChI is InChI=1S/C19H24N6O2S/c1-11-8-14(22(2)3)21-19(20-11)25-7-6-12-13(9-25)28-18-16(12)17(27)23(4)10-15(26)24(18)5/h8H,6-7,9-10H2,1-5H3. The fraction of sp³-hybridized carbons (Fsp3) is 0.474. The molecule has 8 nitrogen and oxygen atoms in total. The molecule has 0 saturated carbocycles. The van der Waals surface area contributed by atoms with Gasteiger partial charge in [0.25, 0.3) is 5.91 Å². The Balaban J connectivity index is 1.72. The van der Waals surface area contributed by atoms with Crippen molar-refractivity contribution in [3.05, 3.63) is 27.8 Å². The Morgan fingerprint density at radius 1 is 1.14 bits per heavy atom. The van der Waals surface area contributed by atoms with Gasteiger partial charge in [-0.3, -0.25) is 9.59 Å². The Labute approximate surface area is 168 Å². The van der Waals surface area contributed by atoms with Crippen molar-refractivity contribution in [1.29, 1.82) is 0 Å². The molecule has 2 aromatic rings. The second-order valence-corrected chi connectivity index (χ2v) is 8.62. The summed E-state index contributed by atoms with van der Waals surface area (Å²) in [7, 11) is 7.36. The van der Waals surface area contributed by atoms with Gasteiger partial charge in [-0.05, 0) is 18.9 Å². The van der Waals surface area contributed by atoms with Crippen LogP contribution in [-0.4, -0.2) is 68.0 Å². The number of anilines is 3. The largest absolute Gasteiger partial charge is 0.363 e. The predicted molar refractivity (Wildman–Crippen MR) is 111 cm³/mol. The molecular formula is C19H24N6O2S. The predicted octanol–water partition coefficient (Wildman–Crippen LogP) is 1.52. The van der Waals surface area contributed by atoms with Gasteiger partial charge >= 0.3 is 0 Å². The van der Waals surface area contributed by atoms with Crippen LogP contribution in [0.4, 0.5) is 16.8 Å². The molecule has 0 spiro atoms. The fourth-order valence-corrected chi connectivity index (χ4v) is 4.94. The first-order chi connectivity index (χ1) is 13.3. The highest BCUT2D eigenvalue weighted by Crippen LogP contribution is 2.41. The monoisotopic (exact) mass is 400 g/mol. The molecular weight excluding hydrogens is 376 g/mol. The molecule has 28 heavy (non-hydrogen) atoms. The first-order valence-corrected chi connectivity index (χ1v) is 10.0. The lowest BCUT2D eigenvalue weighted by atomic mass is 10.0. The molecule has 148 valence electrons. The minimum atomic E-state index is -0.0691. The second kappa shape index (κ2) is 6.73. The second-order valence-electron chi connectivity index (χ2n) is 7.53. The number of aryl methyl sites for hydroxylation is 1. The average molecular weight is 401 g/mol. The van der Waals surface area contributed by atoms with Gasteiger partial charge in [-0.15, -0.1) is 11.3 Å². The summed E-state index contributed by atoms with van der Waals surface area (Å²) in [6, 6.07) is 1.96.